The van der Waals surface area contributed by atoms with Gasteiger partial charge in [-0.05, 0) is 120 Å². The smallest absolute Gasteiger partial charge is 0.337 e. The normalized spacial score (nSPS) is 18.8. The van der Waals surface area contributed by atoms with Crippen molar-refractivity contribution in [1.29, 1.82) is 0 Å². The van der Waals surface area contributed by atoms with E-state index < -0.39 is 33.5 Å². The number of carboxylic acid groups (broad SMARTS) is 1. The van der Waals surface area contributed by atoms with Crippen molar-refractivity contribution in [2.75, 3.05) is 18.9 Å². The van der Waals surface area contributed by atoms with E-state index in [1.54, 1.807) is 36.4 Å². The third-order valence-corrected chi connectivity index (χ3v) is 14.2. The molecule has 4 N–H and O–H groups in total. The molecule has 2 fully saturated rings. The molecular formula is C55H77F2N5O7S. The van der Waals surface area contributed by atoms with Gasteiger partial charge in [0.15, 0.2) is 5.03 Å². The fourth-order valence-electron chi connectivity index (χ4n) is 10.5. The molecular weight excluding hydrogens is 913 g/mol. The summed E-state index contributed by atoms with van der Waals surface area (Å²) in [5.41, 5.74) is 8.96. The molecule has 0 saturated heterocycles. The maximum Gasteiger partial charge on any atom is 0.337 e. The summed E-state index contributed by atoms with van der Waals surface area (Å²) in [6, 6.07) is 19.5. The van der Waals surface area contributed by atoms with Gasteiger partial charge in [0.1, 0.15) is 29.0 Å². The number of nitrogen functional groups attached to an aromatic ring is 1. The van der Waals surface area contributed by atoms with Crippen LogP contribution in [0, 0.1) is 45.1 Å². The number of carbonyl (C=O) groups is 2. The van der Waals surface area contributed by atoms with E-state index in [9.17, 15) is 31.9 Å². The van der Waals surface area contributed by atoms with Gasteiger partial charge in [0.2, 0.25) is 0 Å². The van der Waals surface area contributed by atoms with Gasteiger partial charge in [-0.3, -0.25) is 14.8 Å². The van der Waals surface area contributed by atoms with Crippen molar-refractivity contribution < 1.29 is 47.1 Å². The summed E-state index contributed by atoms with van der Waals surface area (Å²) in [5.74, 6) is -1.37. The summed E-state index contributed by atoms with van der Waals surface area (Å²) in [7, 11) is -4.29. The number of nitrogens with zero attached hydrogens (tertiary/aromatic N) is 3. The SMILES string of the molecule is CC(C)COc1cc(F)cc(-c2ccc(C(=O)NS(=O)(=O)c3cccc(N)n3)c(C3CC(C)(C)CC3(C)C)n2)c1.CC(C)COc1cc(F)cc(-c2ccc(C(=O)O)c(C3CC(C)(C)CC3(C)C)n2)c1.[HH].[HH].[HH].[HH]. The standard InChI is InChI=1S/C30H37FN4O4S.C25H32FNO3.4H2/c1-18(2)16-39-21-13-19(12-20(31)14-21)24-11-10-22(27(33-24)23-15-29(3,4)17-30(23,5)6)28(36)35-40(37,38)26-9-7-8-25(32)34-26;1-15(2)13-30-18-10-16(9-17(26)11-18)21-8-7-19(23(28)29)22(27-21)20-12-24(3,4)14-25(20,5)6;;;;/h7-14,18,23H,15-17H2,1-6H3,(H2,32,34)(H,35,36);7-11,15,20H,12-14H2,1-6H3,(H,28,29);4*1H. The zero-order valence-electron chi connectivity index (χ0n) is 42.5. The van der Waals surface area contributed by atoms with Crippen LogP contribution in [0.1, 0.15) is 158 Å². The molecule has 384 valence electrons. The fourth-order valence-corrected chi connectivity index (χ4v) is 11.5. The zero-order valence-corrected chi connectivity index (χ0v) is 43.4. The van der Waals surface area contributed by atoms with Gasteiger partial charge in [-0.1, -0.05) is 89.2 Å². The molecule has 15 heteroatoms. The fraction of sp³-hybridized carbons (Fsp3) is 0.473. The Bertz CT molecular complexity index is 2880. The predicted octanol–water partition coefficient (Wildman–Crippen LogP) is 13.5. The van der Waals surface area contributed by atoms with Gasteiger partial charge in [0, 0.05) is 40.8 Å². The molecule has 0 spiro atoms. The second-order valence-electron chi connectivity index (χ2n) is 22.8. The number of sulfonamides is 1. The Morgan fingerprint density at radius 1 is 0.700 bits per heavy atom. The minimum absolute atomic E-state index is 0. The maximum absolute atomic E-state index is 14.6. The highest BCUT2D eigenvalue weighted by molar-refractivity contribution is 7.90. The second-order valence-corrected chi connectivity index (χ2v) is 24.5. The van der Waals surface area contributed by atoms with E-state index in [-0.39, 0.29) is 67.1 Å². The van der Waals surface area contributed by atoms with Crippen LogP contribution >= 0.6 is 0 Å². The molecule has 7 rings (SSSR count). The van der Waals surface area contributed by atoms with Gasteiger partial charge in [-0.25, -0.2) is 23.3 Å². The molecule has 2 aromatic carbocycles. The van der Waals surface area contributed by atoms with Crippen LogP contribution in [0.5, 0.6) is 11.5 Å². The highest BCUT2D eigenvalue weighted by atomic mass is 32.2. The van der Waals surface area contributed by atoms with Crippen LogP contribution in [0.4, 0.5) is 14.6 Å². The van der Waals surface area contributed by atoms with Gasteiger partial charge in [-0.15, -0.1) is 0 Å². The summed E-state index contributed by atoms with van der Waals surface area (Å²) < 4.78 is 68.4. The summed E-state index contributed by atoms with van der Waals surface area (Å²) in [5, 5.41) is 9.42. The predicted molar refractivity (Wildman–Crippen MR) is 278 cm³/mol. The Balaban J connectivity index is 0.000000498. The number of anilines is 1. The molecule has 2 unspecified atom stereocenters. The molecule has 3 heterocycles. The number of nitrogens with one attached hydrogen (secondary N) is 1. The highest BCUT2D eigenvalue weighted by Crippen LogP contribution is 2.58. The number of hydrogen-bond donors (Lipinski definition) is 3. The van der Waals surface area contributed by atoms with Crippen molar-refractivity contribution in [3.63, 3.8) is 0 Å². The molecule has 2 atom stereocenters. The molecule has 70 heavy (non-hydrogen) atoms. The van der Waals surface area contributed by atoms with E-state index in [1.807, 2.05) is 27.7 Å². The Kier molecular flexibility index (Phi) is 15.6. The summed E-state index contributed by atoms with van der Waals surface area (Å²) in [6.45, 7) is 26.3. The Hall–Kier alpha value is -5.96. The lowest BCUT2D eigenvalue weighted by Gasteiger charge is -2.28. The van der Waals surface area contributed by atoms with E-state index in [0.29, 0.717) is 64.5 Å². The number of pyridine rings is 3. The lowest BCUT2D eigenvalue weighted by molar-refractivity contribution is 0.0693. The first-order valence-corrected chi connectivity index (χ1v) is 25.3. The number of aromatic carboxylic acids is 1. The van der Waals surface area contributed by atoms with Crippen LogP contribution in [0.2, 0.25) is 0 Å². The number of amides is 1. The number of carboxylic acids is 1. The highest BCUT2D eigenvalue weighted by Gasteiger charge is 2.48. The molecule has 2 aliphatic carbocycles. The molecule has 12 nitrogen and oxygen atoms in total. The number of carbonyl (C=O) groups excluding carboxylic acids is 1. The summed E-state index contributed by atoms with van der Waals surface area (Å²) in [6.07, 6.45) is 3.48. The van der Waals surface area contributed by atoms with Gasteiger partial charge in [0.25, 0.3) is 15.9 Å². The Morgan fingerprint density at radius 3 is 1.54 bits per heavy atom. The number of hydrogen-bond acceptors (Lipinski definition) is 10. The molecule has 5 aromatic rings. The van der Waals surface area contributed by atoms with E-state index in [2.05, 4.69) is 65.1 Å². The van der Waals surface area contributed by atoms with Gasteiger partial charge in [-0.2, -0.15) is 8.42 Å². The van der Waals surface area contributed by atoms with E-state index in [0.717, 1.165) is 25.7 Å². The molecule has 0 aliphatic heterocycles. The minimum Gasteiger partial charge on any atom is -0.493 e. The van der Waals surface area contributed by atoms with Gasteiger partial charge in [0.05, 0.1) is 47.1 Å². The van der Waals surface area contributed by atoms with Crippen molar-refractivity contribution in [2.45, 2.75) is 126 Å². The molecule has 2 aliphatic rings. The maximum atomic E-state index is 14.6. The summed E-state index contributed by atoms with van der Waals surface area (Å²) >= 11 is 0. The number of aromatic nitrogens is 3. The van der Waals surface area contributed by atoms with Crippen LogP contribution in [0.3, 0.4) is 0 Å². The number of ether oxygens (including phenoxy) is 2. The lowest BCUT2D eigenvalue weighted by atomic mass is 9.78. The quantitative estimate of drug-likeness (QED) is 0.0962. The van der Waals surface area contributed by atoms with Gasteiger partial charge >= 0.3 is 5.97 Å². The number of benzene rings is 2. The number of rotatable bonds is 14. The Morgan fingerprint density at radius 2 is 1.14 bits per heavy atom. The third-order valence-electron chi connectivity index (χ3n) is 13.0. The van der Waals surface area contributed by atoms with Crippen LogP contribution in [0.25, 0.3) is 22.5 Å². The number of halogens is 2. The van der Waals surface area contributed by atoms with E-state index in [4.69, 9.17) is 25.2 Å². The first-order valence-electron chi connectivity index (χ1n) is 23.9. The topological polar surface area (TPSA) is 184 Å². The van der Waals surface area contributed by atoms with E-state index >= 15 is 0 Å². The minimum atomic E-state index is -4.29. The average molecular weight is 990 g/mol. The first-order chi connectivity index (χ1) is 32.4. The number of nitrogens with two attached hydrogens (primary N) is 1. The lowest BCUT2D eigenvalue weighted by Crippen LogP contribution is -2.33. The van der Waals surface area contributed by atoms with Gasteiger partial charge < -0.3 is 20.3 Å². The molecule has 2 saturated carbocycles. The first kappa shape index (κ1) is 53.4. The van der Waals surface area contributed by atoms with Crippen LogP contribution in [0.15, 0.2) is 83.9 Å². The molecule has 0 radical (unpaired) electrons. The van der Waals surface area contributed by atoms with Crippen molar-refractivity contribution >= 4 is 27.7 Å². The van der Waals surface area contributed by atoms with Crippen molar-refractivity contribution in [2.24, 2.45) is 33.5 Å². The molecule has 1 amide bonds. The van der Waals surface area contributed by atoms with Crippen LogP contribution < -0.4 is 19.9 Å². The Labute approximate surface area is 418 Å². The van der Waals surface area contributed by atoms with Crippen molar-refractivity contribution in [3.8, 4) is 34.0 Å². The summed E-state index contributed by atoms with van der Waals surface area (Å²) in [4.78, 5) is 39.0. The second kappa shape index (κ2) is 20.4. The monoisotopic (exact) mass is 990 g/mol. The largest absolute Gasteiger partial charge is 0.493 e. The molecule has 0 bridgehead atoms. The van der Waals surface area contributed by atoms with Crippen LogP contribution in [-0.4, -0.2) is 53.6 Å². The van der Waals surface area contributed by atoms with Crippen LogP contribution in [-0.2, 0) is 10.0 Å². The van der Waals surface area contributed by atoms with E-state index in [1.165, 1.54) is 42.5 Å². The van der Waals surface area contributed by atoms with Crippen molar-refractivity contribution in [3.05, 3.63) is 113 Å². The molecule has 3 aromatic heterocycles. The zero-order chi connectivity index (χ0) is 51.7. The van der Waals surface area contributed by atoms with Crippen molar-refractivity contribution in [1.82, 2.24) is 19.7 Å². The average Bonchev–Trinajstić information content (AvgIpc) is 3.63. The third kappa shape index (κ3) is 13.1.